The van der Waals surface area contributed by atoms with Gasteiger partial charge >= 0.3 is 11.9 Å². The number of phenolic OH excluding ortho intramolecular Hbond substituents is 1. The lowest BCUT2D eigenvalue weighted by Gasteiger charge is -2.29. The molecule has 1 aromatic rings. The molecule has 0 spiro atoms. The number of rotatable bonds is 19. The zero-order chi connectivity index (χ0) is 37.3. The highest BCUT2D eigenvalue weighted by atomic mass is 16.5. The van der Waals surface area contributed by atoms with Crippen LogP contribution in [0.1, 0.15) is 89.5 Å². The Balaban J connectivity index is 1.55. The highest BCUT2D eigenvalue weighted by Gasteiger charge is 2.32. The molecule has 1 aromatic carbocycles. The molecular weight excluding hydrogens is 670 g/mol. The molecule has 2 heterocycles. The second-order valence-corrected chi connectivity index (χ2v) is 12.5. The summed E-state index contributed by atoms with van der Waals surface area (Å²) in [5.41, 5.74) is 0.294. The molecule has 2 aliphatic rings. The van der Waals surface area contributed by atoms with E-state index in [0.29, 0.717) is 54.2 Å². The van der Waals surface area contributed by atoms with Crippen molar-refractivity contribution in [1.29, 1.82) is 0 Å². The number of nitrogens with zero attached hydrogens (tertiary/aromatic N) is 3. The topological polar surface area (TPSA) is 239 Å². The van der Waals surface area contributed by atoms with Gasteiger partial charge in [0.2, 0.25) is 29.5 Å². The third-order valence-corrected chi connectivity index (χ3v) is 8.34. The van der Waals surface area contributed by atoms with Crippen molar-refractivity contribution in [3.63, 3.8) is 0 Å². The van der Waals surface area contributed by atoms with E-state index in [9.17, 15) is 44.3 Å². The first-order valence-corrected chi connectivity index (χ1v) is 17.2. The van der Waals surface area contributed by atoms with Gasteiger partial charge in [0.25, 0.3) is 0 Å². The summed E-state index contributed by atoms with van der Waals surface area (Å²) in [7, 11) is 1.30. The van der Waals surface area contributed by atoms with Gasteiger partial charge in [0.1, 0.15) is 30.5 Å². The maximum absolute atomic E-state index is 13.3. The molecule has 282 valence electrons. The first-order chi connectivity index (χ1) is 24.4. The Bertz CT molecular complexity index is 1410. The lowest BCUT2D eigenvalue weighted by atomic mass is 10.1. The molecule has 1 saturated heterocycles. The number of aromatic hydroxyl groups is 1. The van der Waals surface area contributed by atoms with E-state index < -0.39 is 53.8 Å². The Morgan fingerprint density at radius 3 is 2.59 bits per heavy atom. The third-order valence-electron chi connectivity index (χ3n) is 8.34. The monoisotopic (exact) mass is 717 g/mol. The molecule has 17 nitrogen and oxygen atoms in total. The van der Waals surface area contributed by atoms with Crippen molar-refractivity contribution < 1.29 is 48.1 Å². The minimum Gasteiger partial charge on any atom is -0.756 e. The molecule has 0 bridgehead atoms. The van der Waals surface area contributed by atoms with E-state index >= 15 is 0 Å². The number of benzene rings is 1. The molecule has 3 N–H and O–H groups in total. The number of carbonyl (C=O) groups excluding carboxylic acids is 6. The van der Waals surface area contributed by atoms with Gasteiger partial charge in [-0.15, -0.1) is 0 Å². The number of para-hydroxylation sites is 1. The summed E-state index contributed by atoms with van der Waals surface area (Å²) in [4.78, 5) is 79.1. The Hall–Kier alpha value is -4.77. The minimum absolute atomic E-state index is 0.0257. The summed E-state index contributed by atoms with van der Waals surface area (Å²) in [6.45, 7) is 1.24. The van der Waals surface area contributed by atoms with Gasteiger partial charge in [0.15, 0.2) is 6.04 Å². The third kappa shape index (κ3) is 13.5. The van der Waals surface area contributed by atoms with Crippen molar-refractivity contribution >= 4 is 41.5 Å². The zero-order valence-electron chi connectivity index (χ0n) is 29.0. The highest BCUT2D eigenvalue weighted by Crippen LogP contribution is 2.21. The van der Waals surface area contributed by atoms with Crippen molar-refractivity contribution in [1.82, 2.24) is 20.8 Å². The Morgan fingerprint density at radius 1 is 1.10 bits per heavy atom. The van der Waals surface area contributed by atoms with E-state index in [0.717, 1.165) is 0 Å². The molecule has 2 aliphatic heterocycles. The number of carbonyl (C=O) groups is 6. The molecule has 0 aliphatic carbocycles. The number of amides is 4. The van der Waals surface area contributed by atoms with Crippen molar-refractivity contribution in [2.75, 3.05) is 26.8 Å². The normalized spacial score (nSPS) is 18.4. The van der Waals surface area contributed by atoms with Crippen molar-refractivity contribution in [3.8, 4) is 5.75 Å². The van der Waals surface area contributed by atoms with Crippen LogP contribution in [0.4, 0.5) is 0 Å². The van der Waals surface area contributed by atoms with Crippen LogP contribution in [0.25, 0.3) is 0 Å². The van der Waals surface area contributed by atoms with Crippen LogP contribution in [-0.4, -0.2) is 108 Å². The van der Waals surface area contributed by atoms with Gasteiger partial charge in [0, 0.05) is 25.9 Å². The van der Waals surface area contributed by atoms with E-state index in [4.69, 9.17) is 9.47 Å². The molecule has 3 rings (SSSR count). The molecular formula is C34H47N5O12-2. The SMILES string of the molecule is COC(=O)CCCCCC(=O)N([O-])CCCCC(NC(=O)C1COC(c2ccccc2O)=N1)C(=O)OC(C)CC(=O)NC1CCCCN([O-])C1=O. The molecule has 0 radical (unpaired) electrons. The van der Waals surface area contributed by atoms with Gasteiger partial charge in [-0.05, 0) is 70.4 Å². The predicted molar refractivity (Wildman–Crippen MR) is 181 cm³/mol. The van der Waals surface area contributed by atoms with Crippen LogP contribution in [0, 0.1) is 10.4 Å². The summed E-state index contributed by atoms with van der Waals surface area (Å²) in [5, 5.41) is 40.1. The van der Waals surface area contributed by atoms with Crippen LogP contribution in [0.5, 0.6) is 5.75 Å². The van der Waals surface area contributed by atoms with Crippen molar-refractivity contribution in [2.24, 2.45) is 4.99 Å². The van der Waals surface area contributed by atoms with Gasteiger partial charge in [-0.1, -0.05) is 18.6 Å². The zero-order valence-corrected chi connectivity index (χ0v) is 29.0. The van der Waals surface area contributed by atoms with Gasteiger partial charge in [-0.3, -0.25) is 24.0 Å². The average Bonchev–Trinajstić information content (AvgIpc) is 3.54. The van der Waals surface area contributed by atoms with Gasteiger partial charge in [-0.2, -0.15) is 0 Å². The number of hydrogen-bond acceptors (Lipinski definition) is 13. The molecule has 0 aromatic heterocycles. The Labute approximate surface area is 296 Å². The fraction of sp³-hybridized carbons (Fsp3) is 0.618. The standard InChI is InChI=1S/C34H47N5O12/c1-22(20-28(41)35-24-13-8-11-19-39(48)33(24)45)51-34(46)25(14-9-10-18-38(47)29(42)16-4-3-5-17-30(43)49-2)36-31(44)26-21-50-32(37-26)23-12-6-7-15-27(23)40/h6-7,12,15,22,24-26,40H,3-5,8-11,13-14,16-21H2,1-2H3,(H,35,41)(H,36,44)/q-2. The molecule has 1 fully saturated rings. The Morgan fingerprint density at radius 2 is 1.84 bits per heavy atom. The maximum Gasteiger partial charge on any atom is 0.328 e. The quantitative estimate of drug-likeness (QED) is 0.106. The Kier molecular flexibility index (Phi) is 16.6. The largest absolute Gasteiger partial charge is 0.756 e. The fourth-order valence-corrected chi connectivity index (χ4v) is 5.49. The predicted octanol–water partition coefficient (Wildman–Crippen LogP) is 1.96. The molecule has 4 unspecified atom stereocenters. The van der Waals surface area contributed by atoms with E-state index in [1.165, 1.54) is 20.1 Å². The number of hydrogen-bond donors (Lipinski definition) is 3. The first kappa shape index (κ1) is 40.7. The summed E-state index contributed by atoms with van der Waals surface area (Å²) in [6.07, 6.45) is 2.45. The number of aliphatic imine (C=N–C) groups is 1. The van der Waals surface area contributed by atoms with E-state index in [1.807, 2.05) is 0 Å². The summed E-state index contributed by atoms with van der Waals surface area (Å²) in [6, 6.07) is 3.08. The molecule has 4 atom stereocenters. The van der Waals surface area contributed by atoms with Gasteiger partial charge in [0.05, 0.1) is 19.1 Å². The van der Waals surface area contributed by atoms with E-state index in [-0.39, 0.29) is 75.8 Å². The van der Waals surface area contributed by atoms with Gasteiger partial charge < -0.3 is 50.5 Å². The number of hydroxylamine groups is 4. The molecule has 4 amide bonds. The fourth-order valence-electron chi connectivity index (χ4n) is 5.49. The number of esters is 2. The van der Waals surface area contributed by atoms with Crippen LogP contribution >= 0.6 is 0 Å². The van der Waals surface area contributed by atoms with Crippen LogP contribution < -0.4 is 10.6 Å². The van der Waals surface area contributed by atoms with Crippen LogP contribution in [-0.2, 0) is 43.0 Å². The van der Waals surface area contributed by atoms with Crippen LogP contribution in [0.3, 0.4) is 0 Å². The number of unbranched alkanes of at least 4 members (excludes halogenated alkanes) is 3. The minimum atomic E-state index is -1.21. The van der Waals surface area contributed by atoms with Crippen molar-refractivity contribution in [3.05, 3.63) is 40.2 Å². The lowest BCUT2D eigenvalue weighted by Crippen LogP contribution is -2.48. The van der Waals surface area contributed by atoms with Crippen LogP contribution in [0.15, 0.2) is 29.3 Å². The van der Waals surface area contributed by atoms with Gasteiger partial charge in [-0.25, -0.2) is 9.79 Å². The average molecular weight is 718 g/mol. The van der Waals surface area contributed by atoms with Crippen LogP contribution in [0.2, 0.25) is 0 Å². The molecule has 51 heavy (non-hydrogen) atoms. The first-order valence-electron chi connectivity index (χ1n) is 17.2. The number of phenols is 1. The lowest BCUT2D eigenvalue weighted by molar-refractivity contribution is -0.154. The molecule has 17 heteroatoms. The summed E-state index contributed by atoms with van der Waals surface area (Å²) >= 11 is 0. The summed E-state index contributed by atoms with van der Waals surface area (Å²) in [5.74, 6) is -3.81. The molecule has 0 saturated carbocycles. The number of nitrogens with one attached hydrogen (secondary N) is 2. The maximum atomic E-state index is 13.3. The second-order valence-electron chi connectivity index (χ2n) is 12.5. The smallest absolute Gasteiger partial charge is 0.328 e. The number of methoxy groups -OCH3 is 1. The second kappa shape index (κ2) is 20.8. The van der Waals surface area contributed by atoms with E-state index in [1.54, 1.807) is 18.2 Å². The van der Waals surface area contributed by atoms with Crippen molar-refractivity contribution in [2.45, 2.75) is 108 Å². The summed E-state index contributed by atoms with van der Waals surface area (Å²) < 4.78 is 15.6. The highest BCUT2D eigenvalue weighted by molar-refractivity contribution is 6.00. The number of ether oxygens (including phenoxy) is 3. The van der Waals surface area contributed by atoms with E-state index in [2.05, 4.69) is 20.4 Å².